The van der Waals surface area contributed by atoms with Gasteiger partial charge in [-0.1, -0.05) is 35.3 Å². The molecule has 2 aromatic carbocycles. The molecule has 2 N–H and O–H groups in total. The van der Waals surface area contributed by atoms with Gasteiger partial charge in [-0.25, -0.2) is 18.4 Å². The van der Waals surface area contributed by atoms with Crippen molar-refractivity contribution in [3.05, 3.63) is 114 Å². The maximum absolute atomic E-state index is 13.3. The fourth-order valence-corrected chi connectivity index (χ4v) is 6.84. The molecule has 4 heterocycles. The molecule has 0 radical (unpaired) electrons. The first-order valence-corrected chi connectivity index (χ1v) is 15.7. The van der Waals surface area contributed by atoms with Gasteiger partial charge in [-0.3, -0.25) is 9.59 Å². The highest BCUT2D eigenvalue weighted by atomic mass is 35.5. The van der Waals surface area contributed by atoms with Gasteiger partial charge in [0.05, 0.1) is 26.3 Å². The Morgan fingerprint density at radius 1 is 0.729 bits per heavy atom. The summed E-state index contributed by atoms with van der Waals surface area (Å²) >= 11 is 12.4. The van der Waals surface area contributed by atoms with Crippen LogP contribution in [0.3, 0.4) is 0 Å². The molecule has 48 heavy (non-hydrogen) atoms. The molecule has 4 atom stereocenters. The Bertz CT molecular complexity index is 1740. The van der Waals surface area contributed by atoms with Gasteiger partial charge in [0.25, 0.3) is 11.1 Å². The minimum absolute atomic E-state index is 0.0593. The molecule has 0 saturated carbocycles. The highest BCUT2D eigenvalue weighted by Crippen LogP contribution is 2.43. The Labute approximate surface area is 282 Å². The van der Waals surface area contributed by atoms with Gasteiger partial charge < -0.3 is 28.3 Å². The smallest absolute Gasteiger partial charge is 0.409 e. The zero-order chi connectivity index (χ0) is 34.5. The van der Waals surface area contributed by atoms with Crippen LogP contribution in [0.1, 0.15) is 72.3 Å². The van der Waals surface area contributed by atoms with Crippen LogP contribution in [0.25, 0.3) is 0 Å². The van der Waals surface area contributed by atoms with E-state index in [4.69, 9.17) is 41.7 Å². The molecule has 0 aliphatic carbocycles. The average molecular weight is 710 g/mol. The number of carbonyl (C=O) groups excluding carboxylic acids is 2. The van der Waals surface area contributed by atoms with E-state index in [0.29, 0.717) is 61.4 Å². The van der Waals surface area contributed by atoms with Crippen LogP contribution in [-0.2, 0) is 9.47 Å². The van der Waals surface area contributed by atoms with Crippen molar-refractivity contribution in [1.29, 1.82) is 0 Å². The topological polar surface area (TPSA) is 151 Å². The van der Waals surface area contributed by atoms with Gasteiger partial charge >= 0.3 is 12.2 Å². The number of aromatic amines is 2. The molecule has 0 bridgehead atoms. The number of piperidine rings is 2. The minimum atomic E-state index is -0.477. The predicted octanol–water partition coefficient (Wildman–Crippen LogP) is 6.90. The highest BCUT2D eigenvalue weighted by molar-refractivity contribution is 6.31. The fourth-order valence-electron chi connectivity index (χ4n) is 6.25. The first-order chi connectivity index (χ1) is 23.0. The molecule has 2 aliphatic rings. The van der Waals surface area contributed by atoms with Crippen LogP contribution in [0.2, 0.25) is 10.0 Å². The molecule has 256 valence electrons. The summed E-state index contributed by atoms with van der Waals surface area (Å²) in [5.41, 5.74) is 0.644. The number of H-pyrrole nitrogens is 2. The number of aromatic nitrogens is 2. The van der Waals surface area contributed by atoms with Gasteiger partial charge in [-0.05, 0) is 61.1 Å². The summed E-state index contributed by atoms with van der Waals surface area (Å²) in [5.74, 6) is 0.0576. The van der Waals surface area contributed by atoms with Crippen molar-refractivity contribution < 1.29 is 36.9 Å². The second-order valence-electron chi connectivity index (χ2n) is 11.4. The lowest BCUT2D eigenvalue weighted by atomic mass is 9.86. The van der Waals surface area contributed by atoms with Crippen LogP contribution in [-0.4, -0.2) is 59.6 Å². The second kappa shape index (κ2) is 15.1. The van der Waals surface area contributed by atoms with Gasteiger partial charge in [-0.15, -0.1) is 0 Å². The molecule has 2 saturated heterocycles. The van der Waals surface area contributed by atoms with E-state index in [-0.39, 0.29) is 33.0 Å². The van der Waals surface area contributed by atoms with E-state index in [1.165, 1.54) is 50.6 Å². The number of halogens is 4. The third kappa shape index (κ3) is 7.76. The Hall–Kier alpha value is -4.56. The number of carbonyl (C=O) groups is 2. The molecule has 0 spiro atoms. The van der Waals surface area contributed by atoms with Crippen LogP contribution in [0, 0.1) is 11.6 Å². The number of likely N-dealkylation sites (tertiary alicyclic amines) is 2. The number of hydrogen-bond acceptors (Lipinski definition) is 8. The van der Waals surface area contributed by atoms with Gasteiger partial charge in [0.15, 0.2) is 0 Å². The molecule has 4 aromatic rings. The molecular weight excluding hydrogens is 677 g/mol. The Morgan fingerprint density at radius 2 is 1.12 bits per heavy atom. The summed E-state index contributed by atoms with van der Waals surface area (Å²) in [6.07, 6.45) is 1.25. The van der Waals surface area contributed by atoms with E-state index < -0.39 is 35.9 Å². The first kappa shape index (κ1) is 34.8. The summed E-state index contributed by atoms with van der Waals surface area (Å²) in [5, 5.41) is 5.03. The second-order valence-corrected chi connectivity index (χ2v) is 12.2. The van der Waals surface area contributed by atoms with E-state index in [0.717, 1.165) is 0 Å². The third-order valence-electron chi connectivity index (χ3n) is 8.56. The number of amides is 2. The Balaban J connectivity index is 0.000000188. The molecule has 2 fully saturated rings. The summed E-state index contributed by atoms with van der Waals surface area (Å²) in [6, 6.07) is 10.2. The number of rotatable bonds is 4. The van der Waals surface area contributed by atoms with Crippen molar-refractivity contribution in [1.82, 2.24) is 20.1 Å². The number of ether oxygens (including phenoxy) is 2. The van der Waals surface area contributed by atoms with Gasteiger partial charge in [0.2, 0.25) is 0 Å². The summed E-state index contributed by atoms with van der Waals surface area (Å²) in [4.78, 5) is 49.9. The maximum atomic E-state index is 13.3. The highest BCUT2D eigenvalue weighted by Gasteiger charge is 2.37. The van der Waals surface area contributed by atoms with Crippen molar-refractivity contribution >= 4 is 35.4 Å². The van der Waals surface area contributed by atoms with Crippen LogP contribution in [0.15, 0.2) is 67.2 Å². The Kier molecular flexibility index (Phi) is 10.9. The van der Waals surface area contributed by atoms with E-state index in [9.17, 15) is 28.0 Å². The third-order valence-corrected chi connectivity index (χ3v) is 9.21. The number of nitrogens with zero attached hydrogens (tertiary/aromatic N) is 2. The lowest BCUT2D eigenvalue weighted by molar-refractivity contribution is 0.0810. The first-order valence-electron chi connectivity index (χ1n) is 14.9. The van der Waals surface area contributed by atoms with Crippen molar-refractivity contribution in [3.8, 4) is 0 Å². The summed E-state index contributed by atoms with van der Waals surface area (Å²) in [6.45, 7) is 0.815. The molecule has 2 aromatic heterocycles. The van der Waals surface area contributed by atoms with Gasteiger partial charge in [-0.2, -0.15) is 10.3 Å². The normalized spacial score (nSPS) is 20.9. The predicted molar refractivity (Wildman–Crippen MR) is 169 cm³/mol. The lowest BCUT2D eigenvalue weighted by Crippen LogP contribution is -2.40. The average Bonchev–Trinajstić information content (AvgIpc) is 3.72. The number of hydrogen-bond donors (Lipinski definition) is 2. The minimum Gasteiger partial charge on any atom is -0.453 e. The maximum Gasteiger partial charge on any atom is 0.409 e. The molecule has 2 amide bonds. The van der Waals surface area contributed by atoms with Crippen molar-refractivity contribution in [2.75, 3.05) is 27.3 Å². The molecule has 16 heteroatoms. The van der Waals surface area contributed by atoms with Crippen molar-refractivity contribution in [3.63, 3.8) is 0 Å². The van der Waals surface area contributed by atoms with Crippen LogP contribution in [0.4, 0.5) is 18.4 Å². The SMILES string of the molecule is COC(=O)N1CCC(c2cc(=O)[nH]o2)CC1c1ccc(F)cc1Cl.COC(=O)N1CCC(c2cc(=O)[nH]o2)CC1c1ccc(F)cc1Cl. The summed E-state index contributed by atoms with van der Waals surface area (Å²) < 4.78 is 46.7. The van der Waals surface area contributed by atoms with Crippen LogP contribution >= 0.6 is 23.2 Å². The number of benzene rings is 2. The lowest BCUT2D eigenvalue weighted by Gasteiger charge is -2.38. The quantitative estimate of drug-likeness (QED) is 0.233. The molecular formula is C32H32Cl2F2N4O8. The van der Waals surface area contributed by atoms with E-state index >= 15 is 0 Å². The zero-order valence-electron chi connectivity index (χ0n) is 25.8. The molecule has 2 aliphatic heterocycles. The standard InChI is InChI=1S/2C16H16ClFN2O4/c2*1-23-16(22)20-5-4-9(14-8-15(21)19-24-14)6-13(20)11-3-2-10(18)7-12(11)17/h2*2-3,7-9,13H,4-6H2,1H3,(H,19,21). The molecule has 6 rings (SSSR count). The fraction of sp³-hybridized carbons (Fsp3) is 0.375. The van der Waals surface area contributed by atoms with E-state index in [1.807, 2.05) is 0 Å². The number of nitrogens with one attached hydrogen (secondary N) is 2. The molecule has 4 unspecified atom stereocenters. The summed E-state index contributed by atoms with van der Waals surface area (Å²) in [7, 11) is 2.62. The largest absolute Gasteiger partial charge is 0.453 e. The van der Waals surface area contributed by atoms with Crippen LogP contribution < -0.4 is 11.1 Å². The Morgan fingerprint density at radius 3 is 1.44 bits per heavy atom. The number of methoxy groups -OCH3 is 2. The monoisotopic (exact) mass is 708 g/mol. The van der Waals surface area contributed by atoms with E-state index in [1.54, 1.807) is 21.9 Å². The zero-order valence-corrected chi connectivity index (χ0v) is 27.4. The van der Waals surface area contributed by atoms with E-state index in [2.05, 4.69) is 10.3 Å². The van der Waals surface area contributed by atoms with Crippen molar-refractivity contribution in [2.24, 2.45) is 0 Å². The van der Waals surface area contributed by atoms with Crippen LogP contribution in [0.5, 0.6) is 0 Å². The van der Waals surface area contributed by atoms with Gasteiger partial charge in [0, 0.05) is 47.1 Å². The molecule has 12 nitrogen and oxygen atoms in total. The van der Waals surface area contributed by atoms with Gasteiger partial charge in [0.1, 0.15) is 23.2 Å². The van der Waals surface area contributed by atoms with Crippen molar-refractivity contribution in [2.45, 2.75) is 49.6 Å².